The van der Waals surface area contributed by atoms with Gasteiger partial charge in [-0.25, -0.2) is 9.97 Å². The van der Waals surface area contributed by atoms with Gasteiger partial charge >= 0.3 is 0 Å². The summed E-state index contributed by atoms with van der Waals surface area (Å²) in [4.78, 5) is 21.3. The van der Waals surface area contributed by atoms with Gasteiger partial charge in [0.15, 0.2) is 5.82 Å². The number of non-ortho nitro benzene ring substituents is 1. The number of anilines is 1. The number of nitro benzene ring substituents is 1. The van der Waals surface area contributed by atoms with E-state index in [1.165, 1.54) is 12.1 Å². The Bertz CT molecular complexity index is 730. The van der Waals surface area contributed by atoms with Crippen molar-refractivity contribution >= 4 is 23.1 Å². The number of nitro groups is 1. The highest BCUT2D eigenvalue weighted by Gasteiger charge is 2.19. The van der Waals surface area contributed by atoms with Gasteiger partial charge in [-0.05, 0) is 19.1 Å². The van der Waals surface area contributed by atoms with Crippen LogP contribution in [0.5, 0.6) is 0 Å². The first-order valence-corrected chi connectivity index (χ1v) is 7.55. The maximum atomic E-state index is 10.7. The van der Waals surface area contributed by atoms with E-state index in [0.717, 1.165) is 24.5 Å². The Hall–Kier alpha value is -2.25. The Morgan fingerprint density at radius 1 is 1.22 bits per heavy atom. The highest BCUT2D eigenvalue weighted by atomic mass is 35.5. The van der Waals surface area contributed by atoms with Gasteiger partial charge in [0.1, 0.15) is 11.0 Å². The molecular formula is C15H15ClN4O3. The summed E-state index contributed by atoms with van der Waals surface area (Å²) in [6.07, 6.45) is 0. The van der Waals surface area contributed by atoms with Crippen molar-refractivity contribution in [3.8, 4) is 11.4 Å². The van der Waals surface area contributed by atoms with E-state index in [1.54, 1.807) is 12.1 Å². The third kappa shape index (κ3) is 3.25. The summed E-state index contributed by atoms with van der Waals surface area (Å²) < 4.78 is 5.36. The molecule has 0 saturated carbocycles. The summed E-state index contributed by atoms with van der Waals surface area (Å²) in [5.74, 6) is 1.23. The van der Waals surface area contributed by atoms with Gasteiger partial charge in [0.2, 0.25) is 0 Å². The molecule has 0 radical (unpaired) electrons. The molecular weight excluding hydrogens is 320 g/mol. The van der Waals surface area contributed by atoms with E-state index in [2.05, 4.69) is 14.9 Å². The van der Waals surface area contributed by atoms with Gasteiger partial charge in [-0.2, -0.15) is 0 Å². The van der Waals surface area contributed by atoms with E-state index in [9.17, 15) is 10.1 Å². The molecule has 0 spiro atoms. The van der Waals surface area contributed by atoms with Crippen LogP contribution in [0.1, 0.15) is 5.56 Å². The Balaban J connectivity index is 1.99. The smallest absolute Gasteiger partial charge is 0.269 e. The summed E-state index contributed by atoms with van der Waals surface area (Å²) in [5.41, 5.74) is 1.53. The van der Waals surface area contributed by atoms with Gasteiger partial charge in [0.25, 0.3) is 5.69 Å². The van der Waals surface area contributed by atoms with E-state index < -0.39 is 4.92 Å². The quantitative estimate of drug-likeness (QED) is 0.487. The average Bonchev–Trinajstić information content (AvgIpc) is 2.58. The molecule has 1 aromatic heterocycles. The summed E-state index contributed by atoms with van der Waals surface area (Å²) >= 11 is 6.25. The van der Waals surface area contributed by atoms with E-state index in [0.29, 0.717) is 29.8 Å². The predicted octanol–water partition coefficient (Wildman–Crippen LogP) is 2.85. The fourth-order valence-electron chi connectivity index (χ4n) is 2.42. The SMILES string of the molecule is Cc1c(Cl)nc(-c2ccc([N+](=O)[O-])cc2)nc1N1CCOCC1. The minimum Gasteiger partial charge on any atom is -0.378 e. The Labute approximate surface area is 138 Å². The molecule has 0 bridgehead atoms. The molecule has 1 saturated heterocycles. The first-order valence-electron chi connectivity index (χ1n) is 7.18. The summed E-state index contributed by atoms with van der Waals surface area (Å²) in [5, 5.41) is 11.1. The molecule has 1 aliphatic heterocycles. The third-order valence-electron chi connectivity index (χ3n) is 3.71. The zero-order chi connectivity index (χ0) is 16.4. The first-order chi connectivity index (χ1) is 11.1. The molecule has 0 unspecified atom stereocenters. The lowest BCUT2D eigenvalue weighted by molar-refractivity contribution is -0.384. The van der Waals surface area contributed by atoms with Gasteiger partial charge in [0.05, 0.1) is 18.1 Å². The van der Waals surface area contributed by atoms with Crippen LogP contribution in [-0.2, 0) is 4.74 Å². The maximum absolute atomic E-state index is 10.7. The second-order valence-electron chi connectivity index (χ2n) is 5.19. The highest BCUT2D eigenvalue weighted by molar-refractivity contribution is 6.30. The monoisotopic (exact) mass is 334 g/mol. The number of benzene rings is 1. The van der Waals surface area contributed by atoms with Crippen LogP contribution in [0.25, 0.3) is 11.4 Å². The van der Waals surface area contributed by atoms with Gasteiger partial charge < -0.3 is 9.64 Å². The lowest BCUT2D eigenvalue weighted by Gasteiger charge is -2.29. The third-order valence-corrected chi connectivity index (χ3v) is 4.08. The van der Waals surface area contributed by atoms with Crippen molar-refractivity contribution in [3.63, 3.8) is 0 Å². The van der Waals surface area contributed by atoms with Crippen LogP contribution in [0, 0.1) is 17.0 Å². The van der Waals surface area contributed by atoms with E-state index >= 15 is 0 Å². The number of morpholine rings is 1. The normalized spacial score (nSPS) is 14.8. The molecule has 23 heavy (non-hydrogen) atoms. The lowest BCUT2D eigenvalue weighted by Crippen LogP contribution is -2.37. The highest BCUT2D eigenvalue weighted by Crippen LogP contribution is 2.28. The Morgan fingerprint density at radius 3 is 2.48 bits per heavy atom. The molecule has 0 N–H and O–H groups in total. The van der Waals surface area contributed by atoms with Crippen molar-refractivity contribution in [1.82, 2.24) is 9.97 Å². The number of nitrogens with zero attached hydrogens (tertiary/aromatic N) is 4. The van der Waals surface area contributed by atoms with Crippen molar-refractivity contribution in [3.05, 3.63) is 45.1 Å². The van der Waals surface area contributed by atoms with Crippen molar-refractivity contribution in [1.29, 1.82) is 0 Å². The maximum Gasteiger partial charge on any atom is 0.269 e. The minimum atomic E-state index is -0.439. The summed E-state index contributed by atoms with van der Waals surface area (Å²) in [6, 6.07) is 6.12. The number of hydrogen-bond acceptors (Lipinski definition) is 6. The molecule has 0 aliphatic carbocycles. The minimum absolute atomic E-state index is 0.0281. The van der Waals surface area contributed by atoms with E-state index in [1.807, 2.05) is 6.92 Å². The summed E-state index contributed by atoms with van der Waals surface area (Å²) in [6.45, 7) is 4.66. The molecule has 2 heterocycles. The topological polar surface area (TPSA) is 81.4 Å². The second-order valence-corrected chi connectivity index (χ2v) is 5.55. The van der Waals surface area contributed by atoms with Crippen molar-refractivity contribution in [2.24, 2.45) is 0 Å². The fourth-order valence-corrected chi connectivity index (χ4v) is 2.59. The van der Waals surface area contributed by atoms with Crippen LogP contribution in [0.2, 0.25) is 5.15 Å². The van der Waals surface area contributed by atoms with Gasteiger partial charge in [-0.15, -0.1) is 0 Å². The zero-order valence-electron chi connectivity index (χ0n) is 12.5. The van der Waals surface area contributed by atoms with E-state index in [-0.39, 0.29) is 5.69 Å². The predicted molar refractivity (Wildman–Crippen MR) is 86.9 cm³/mol. The van der Waals surface area contributed by atoms with Crippen LogP contribution in [0.15, 0.2) is 24.3 Å². The Morgan fingerprint density at radius 2 is 1.87 bits per heavy atom. The van der Waals surface area contributed by atoms with E-state index in [4.69, 9.17) is 16.3 Å². The number of ether oxygens (including phenoxy) is 1. The fraction of sp³-hybridized carbons (Fsp3) is 0.333. The van der Waals surface area contributed by atoms with Crippen LogP contribution in [0.3, 0.4) is 0 Å². The lowest BCUT2D eigenvalue weighted by atomic mass is 10.2. The number of halogens is 1. The standard InChI is InChI=1S/C15H15ClN4O3/c1-10-13(16)17-14(11-2-4-12(5-3-11)20(21)22)18-15(10)19-6-8-23-9-7-19/h2-5H,6-9H2,1H3. The number of rotatable bonds is 3. The number of hydrogen-bond donors (Lipinski definition) is 0. The molecule has 1 aliphatic rings. The van der Waals surface area contributed by atoms with Gasteiger partial charge in [0, 0.05) is 36.3 Å². The molecule has 120 valence electrons. The van der Waals surface area contributed by atoms with Crippen LogP contribution in [-0.4, -0.2) is 41.2 Å². The molecule has 2 aromatic rings. The molecule has 1 fully saturated rings. The van der Waals surface area contributed by atoms with Crippen molar-refractivity contribution < 1.29 is 9.66 Å². The van der Waals surface area contributed by atoms with Crippen molar-refractivity contribution in [2.45, 2.75) is 6.92 Å². The second kappa shape index (κ2) is 6.47. The van der Waals surface area contributed by atoms with Crippen LogP contribution in [0.4, 0.5) is 11.5 Å². The molecule has 1 aromatic carbocycles. The molecule has 0 atom stereocenters. The molecule has 3 rings (SSSR count). The molecule has 8 heteroatoms. The molecule has 0 amide bonds. The van der Waals surface area contributed by atoms with Crippen LogP contribution < -0.4 is 4.90 Å². The van der Waals surface area contributed by atoms with Gasteiger partial charge in [-0.1, -0.05) is 11.6 Å². The number of aromatic nitrogens is 2. The van der Waals surface area contributed by atoms with Gasteiger partial charge in [-0.3, -0.25) is 10.1 Å². The van der Waals surface area contributed by atoms with Crippen molar-refractivity contribution in [2.75, 3.05) is 31.2 Å². The summed E-state index contributed by atoms with van der Waals surface area (Å²) in [7, 11) is 0. The zero-order valence-corrected chi connectivity index (χ0v) is 13.3. The largest absolute Gasteiger partial charge is 0.378 e. The average molecular weight is 335 g/mol. The Kier molecular flexibility index (Phi) is 4.40. The van der Waals surface area contributed by atoms with Crippen LogP contribution >= 0.6 is 11.6 Å². The first kappa shape index (κ1) is 15.6. The molecule has 7 nitrogen and oxygen atoms in total.